The van der Waals surface area contributed by atoms with Crippen LogP contribution in [0.1, 0.15) is 33.6 Å². The van der Waals surface area contributed by atoms with Crippen molar-refractivity contribution in [2.45, 2.75) is 33.6 Å². The molecular formula is C12H25NO2. The third-order valence-electron chi connectivity index (χ3n) is 2.59. The van der Waals surface area contributed by atoms with Crippen LogP contribution in [0.15, 0.2) is 0 Å². The van der Waals surface area contributed by atoms with Crippen molar-refractivity contribution in [3.8, 4) is 0 Å². The van der Waals surface area contributed by atoms with E-state index in [1.54, 1.807) is 0 Å². The third-order valence-corrected chi connectivity index (χ3v) is 2.59. The number of carbonyl (C=O) groups is 1. The fourth-order valence-electron chi connectivity index (χ4n) is 1.93. The molecule has 2 unspecified atom stereocenters. The maximum Gasteiger partial charge on any atom is 0.309 e. The van der Waals surface area contributed by atoms with Crippen molar-refractivity contribution in [1.29, 1.82) is 0 Å². The van der Waals surface area contributed by atoms with Crippen LogP contribution in [0.2, 0.25) is 0 Å². The molecule has 0 N–H and O–H groups in total. The Bertz CT molecular complexity index is 182. The molecule has 0 rings (SSSR count). The summed E-state index contributed by atoms with van der Waals surface area (Å²) in [4.78, 5) is 13.4. The Balaban J connectivity index is 3.81. The van der Waals surface area contributed by atoms with Crippen molar-refractivity contribution in [2.24, 2.45) is 11.8 Å². The van der Waals surface area contributed by atoms with E-state index in [0.717, 1.165) is 13.1 Å². The van der Waals surface area contributed by atoms with Crippen LogP contribution in [0.3, 0.4) is 0 Å². The van der Waals surface area contributed by atoms with Gasteiger partial charge in [0.15, 0.2) is 0 Å². The summed E-state index contributed by atoms with van der Waals surface area (Å²) in [6, 6.07) is 0. The molecule has 0 aromatic heterocycles. The lowest BCUT2D eigenvalue weighted by Gasteiger charge is -2.23. The maximum atomic E-state index is 11.2. The zero-order valence-corrected chi connectivity index (χ0v) is 10.7. The van der Waals surface area contributed by atoms with Gasteiger partial charge in [0.2, 0.25) is 0 Å². The average molecular weight is 215 g/mol. The molecule has 2 atom stereocenters. The van der Waals surface area contributed by atoms with Crippen LogP contribution in [0.5, 0.6) is 0 Å². The summed E-state index contributed by atoms with van der Waals surface area (Å²) in [5.74, 6) is 0.545. The molecule has 15 heavy (non-hydrogen) atoms. The van der Waals surface area contributed by atoms with Crippen LogP contribution in [0.25, 0.3) is 0 Å². The second-order valence-electron chi connectivity index (χ2n) is 4.54. The van der Waals surface area contributed by atoms with Gasteiger partial charge in [0.25, 0.3) is 0 Å². The number of rotatable bonds is 7. The molecule has 90 valence electrons. The monoisotopic (exact) mass is 215 g/mol. The lowest BCUT2D eigenvalue weighted by Crippen LogP contribution is -2.32. The number of esters is 1. The highest BCUT2D eigenvalue weighted by atomic mass is 16.5. The zero-order valence-electron chi connectivity index (χ0n) is 10.7. The number of hydrogen-bond acceptors (Lipinski definition) is 3. The van der Waals surface area contributed by atoms with Crippen molar-refractivity contribution < 1.29 is 9.53 Å². The largest absolute Gasteiger partial charge is 0.469 e. The molecular weight excluding hydrogens is 190 g/mol. The quantitative estimate of drug-likeness (QED) is 0.610. The number of methoxy groups -OCH3 is 1. The van der Waals surface area contributed by atoms with Crippen LogP contribution in [-0.4, -0.2) is 38.1 Å². The van der Waals surface area contributed by atoms with E-state index >= 15 is 0 Å². The molecule has 0 amide bonds. The Kier molecular flexibility index (Phi) is 7.39. The topological polar surface area (TPSA) is 29.5 Å². The summed E-state index contributed by atoms with van der Waals surface area (Å²) < 4.78 is 4.70. The number of carbonyl (C=O) groups excluding carboxylic acids is 1. The smallest absolute Gasteiger partial charge is 0.309 e. The molecule has 3 nitrogen and oxygen atoms in total. The second kappa shape index (κ2) is 7.69. The van der Waals surface area contributed by atoms with E-state index in [1.165, 1.54) is 20.0 Å². The standard InChI is InChI=1S/C12H25NO2/c1-6-7-10(2)8-13(4)9-11(3)12(14)15-5/h10-11H,6-9H2,1-5H3. The zero-order chi connectivity index (χ0) is 11.8. The summed E-state index contributed by atoms with van der Waals surface area (Å²) in [6.45, 7) is 8.19. The van der Waals surface area contributed by atoms with E-state index in [9.17, 15) is 4.79 Å². The van der Waals surface area contributed by atoms with Crippen LogP contribution in [-0.2, 0) is 9.53 Å². The third kappa shape index (κ3) is 6.50. The van der Waals surface area contributed by atoms with Gasteiger partial charge in [-0.1, -0.05) is 27.2 Å². The number of hydrogen-bond donors (Lipinski definition) is 0. The Morgan fingerprint density at radius 2 is 1.93 bits per heavy atom. The predicted molar refractivity (Wildman–Crippen MR) is 62.7 cm³/mol. The highest BCUT2D eigenvalue weighted by Gasteiger charge is 2.16. The maximum absolute atomic E-state index is 11.2. The number of nitrogens with zero attached hydrogens (tertiary/aromatic N) is 1. The summed E-state index contributed by atoms with van der Waals surface area (Å²) in [6.07, 6.45) is 2.47. The first-order chi connectivity index (χ1) is 7.01. The normalized spacial score (nSPS) is 15.1. The van der Waals surface area contributed by atoms with Gasteiger partial charge in [-0.25, -0.2) is 0 Å². The minimum absolute atomic E-state index is 0.0335. The van der Waals surface area contributed by atoms with Crippen LogP contribution in [0.4, 0.5) is 0 Å². The van der Waals surface area contributed by atoms with Crippen molar-refractivity contribution in [1.82, 2.24) is 4.90 Å². The summed E-state index contributed by atoms with van der Waals surface area (Å²) in [7, 11) is 3.50. The van der Waals surface area contributed by atoms with Crippen molar-refractivity contribution in [3.63, 3.8) is 0 Å². The molecule has 0 aromatic rings. The molecule has 0 radical (unpaired) electrons. The fourth-order valence-corrected chi connectivity index (χ4v) is 1.93. The number of ether oxygens (including phenoxy) is 1. The van der Waals surface area contributed by atoms with Crippen LogP contribution in [0, 0.1) is 11.8 Å². The van der Waals surface area contributed by atoms with Gasteiger partial charge in [-0.15, -0.1) is 0 Å². The van der Waals surface area contributed by atoms with E-state index in [4.69, 9.17) is 4.74 Å². The molecule has 0 spiro atoms. The van der Waals surface area contributed by atoms with E-state index in [0.29, 0.717) is 5.92 Å². The molecule has 0 fully saturated rings. The summed E-state index contributed by atoms with van der Waals surface area (Å²) in [5, 5.41) is 0. The van der Waals surface area contributed by atoms with E-state index in [-0.39, 0.29) is 11.9 Å². The minimum atomic E-state index is -0.120. The van der Waals surface area contributed by atoms with E-state index in [2.05, 4.69) is 25.8 Å². The molecule has 0 saturated heterocycles. The lowest BCUT2D eigenvalue weighted by atomic mass is 10.1. The highest BCUT2D eigenvalue weighted by molar-refractivity contribution is 5.71. The molecule has 0 aliphatic heterocycles. The first-order valence-electron chi connectivity index (χ1n) is 5.77. The van der Waals surface area contributed by atoms with Gasteiger partial charge in [0.05, 0.1) is 13.0 Å². The highest BCUT2D eigenvalue weighted by Crippen LogP contribution is 2.08. The molecule has 0 heterocycles. The Morgan fingerprint density at radius 3 is 2.40 bits per heavy atom. The molecule has 0 saturated carbocycles. The van der Waals surface area contributed by atoms with Gasteiger partial charge in [-0.3, -0.25) is 4.79 Å². The Hall–Kier alpha value is -0.570. The van der Waals surface area contributed by atoms with Crippen LogP contribution < -0.4 is 0 Å². The molecule has 0 aliphatic rings. The molecule has 0 bridgehead atoms. The van der Waals surface area contributed by atoms with Crippen molar-refractivity contribution in [3.05, 3.63) is 0 Å². The SMILES string of the molecule is CCCC(C)CN(C)CC(C)C(=O)OC. The molecule has 3 heteroatoms. The van der Waals surface area contributed by atoms with Crippen molar-refractivity contribution in [2.75, 3.05) is 27.2 Å². The van der Waals surface area contributed by atoms with Gasteiger partial charge in [0, 0.05) is 13.1 Å². The molecule has 0 aliphatic carbocycles. The fraction of sp³-hybridized carbons (Fsp3) is 0.917. The lowest BCUT2D eigenvalue weighted by molar-refractivity contribution is -0.145. The average Bonchev–Trinajstić information content (AvgIpc) is 2.16. The minimum Gasteiger partial charge on any atom is -0.469 e. The van der Waals surface area contributed by atoms with Gasteiger partial charge in [-0.2, -0.15) is 0 Å². The second-order valence-corrected chi connectivity index (χ2v) is 4.54. The Morgan fingerprint density at radius 1 is 1.33 bits per heavy atom. The van der Waals surface area contributed by atoms with Gasteiger partial charge >= 0.3 is 5.97 Å². The van der Waals surface area contributed by atoms with Gasteiger partial charge in [0.1, 0.15) is 0 Å². The Labute approximate surface area is 93.8 Å². The first-order valence-corrected chi connectivity index (χ1v) is 5.77. The van der Waals surface area contributed by atoms with Gasteiger partial charge in [-0.05, 0) is 19.4 Å². The summed E-state index contributed by atoms with van der Waals surface area (Å²) in [5.41, 5.74) is 0. The summed E-state index contributed by atoms with van der Waals surface area (Å²) >= 11 is 0. The van der Waals surface area contributed by atoms with Gasteiger partial charge < -0.3 is 9.64 Å². The van der Waals surface area contributed by atoms with Crippen LogP contribution >= 0.6 is 0 Å². The predicted octanol–water partition coefficient (Wildman–Crippen LogP) is 2.16. The van der Waals surface area contributed by atoms with E-state index < -0.39 is 0 Å². The van der Waals surface area contributed by atoms with E-state index in [1.807, 2.05) is 6.92 Å². The molecule has 0 aromatic carbocycles. The first kappa shape index (κ1) is 14.4. The van der Waals surface area contributed by atoms with Crippen molar-refractivity contribution >= 4 is 5.97 Å².